The molecule has 0 aromatic carbocycles. The van der Waals surface area contributed by atoms with E-state index in [0.717, 1.165) is 44.9 Å². The molecule has 1 heterocycles. The lowest BCUT2D eigenvalue weighted by Crippen LogP contribution is -2.32. The maximum absolute atomic E-state index is 5.70. The predicted molar refractivity (Wildman–Crippen MR) is 80.3 cm³/mol. The van der Waals surface area contributed by atoms with Crippen molar-refractivity contribution in [2.24, 2.45) is 5.92 Å². The predicted octanol–water partition coefficient (Wildman–Crippen LogP) is 3.06. The topological polar surface area (TPSA) is 34.1 Å². The van der Waals surface area contributed by atoms with Crippen molar-refractivity contribution < 1.29 is 4.74 Å². The summed E-state index contributed by atoms with van der Waals surface area (Å²) in [7, 11) is 0. The molecule has 0 radical (unpaired) electrons. The number of ether oxygens (including phenoxy) is 1. The molecular formula is C16H28N2O. The van der Waals surface area contributed by atoms with E-state index < -0.39 is 0 Å². The fourth-order valence-corrected chi connectivity index (χ4v) is 2.02. The average molecular weight is 264 g/mol. The van der Waals surface area contributed by atoms with Crippen LogP contribution < -0.4 is 5.32 Å². The van der Waals surface area contributed by atoms with Crippen LogP contribution in [-0.2, 0) is 11.2 Å². The third-order valence-electron chi connectivity index (χ3n) is 3.15. The molecule has 108 valence electrons. The van der Waals surface area contributed by atoms with Crippen LogP contribution in [0.1, 0.15) is 39.2 Å². The molecule has 0 amide bonds. The van der Waals surface area contributed by atoms with E-state index in [1.54, 1.807) is 0 Å². The van der Waals surface area contributed by atoms with Gasteiger partial charge in [-0.2, -0.15) is 0 Å². The van der Waals surface area contributed by atoms with Crippen molar-refractivity contribution in [3.8, 4) is 0 Å². The number of nitrogens with one attached hydrogen (secondary N) is 1. The highest BCUT2D eigenvalue weighted by atomic mass is 16.5. The van der Waals surface area contributed by atoms with E-state index in [4.69, 9.17) is 4.74 Å². The number of aromatic nitrogens is 1. The number of likely N-dealkylation sites (N-methyl/N-ethyl adjacent to an activating group) is 1. The Morgan fingerprint density at radius 1 is 1.26 bits per heavy atom. The van der Waals surface area contributed by atoms with Crippen LogP contribution in [0.5, 0.6) is 0 Å². The second kappa shape index (κ2) is 9.93. The first-order valence-electron chi connectivity index (χ1n) is 7.42. The lowest BCUT2D eigenvalue weighted by molar-refractivity contribution is 0.114. The third-order valence-corrected chi connectivity index (χ3v) is 3.15. The standard InChI is InChI=1S/C16H28N2O/c1-4-18-16(8-11-19-10-7-14(2)3)12-15-6-5-9-17-13-15/h5-6,9,13-14,16,18H,4,7-8,10-12H2,1-3H3. The van der Waals surface area contributed by atoms with Gasteiger partial charge < -0.3 is 10.1 Å². The molecular weight excluding hydrogens is 236 g/mol. The highest BCUT2D eigenvalue weighted by Crippen LogP contribution is 2.06. The fraction of sp³-hybridized carbons (Fsp3) is 0.688. The maximum Gasteiger partial charge on any atom is 0.0480 e. The summed E-state index contributed by atoms with van der Waals surface area (Å²) in [4.78, 5) is 4.17. The molecule has 1 N–H and O–H groups in total. The molecule has 0 saturated carbocycles. The largest absolute Gasteiger partial charge is 0.381 e. The first-order chi connectivity index (χ1) is 9.22. The quantitative estimate of drug-likeness (QED) is 0.660. The fourth-order valence-electron chi connectivity index (χ4n) is 2.02. The van der Waals surface area contributed by atoms with Crippen molar-refractivity contribution in [1.82, 2.24) is 10.3 Å². The Labute approximate surface area is 117 Å². The Morgan fingerprint density at radius 3 is 2.68 bits per heavy atom. The number of rotatable bonds is 10. The summed E-state index contributed by atoms with van der Waals surface area (Å²) in [5.41, 5.74) is 1.29. The highest BCUT2D eigenvalue weighted by molar-refractivity contribution is 5.10. The maximum atomic E-state index is 5.70. The van der Waals surface area contributed by atoms with Gasteiger partial charge in [-0.25, -0.2) is 0 Å². The van der Waals surface area contributed by atoms with Crippen LogP contribution in [0.25, 0.3) is 0 Å². The van der Waals surface area contributed by atoms with E-state index in [-0.39, 0.29) is 0 Å². The zero-order valence-electron chi connectivity index (χ0n) is 12.6. The van der Waals surface area contributed by atoms with Crippen molar-refractivity contribution in [3.05, 3.63) is 30.1 Å². The van der Waals surface area contributed by atoms with Crippen molar-refractivity contribution >= 4 is 0 Å². The van der Waals surface area contributed by atoms with Gasteiger partial charge in [-0.1, -0.05) is 26.8 Å². The van der Waals surface area contributed by atoms with Crippen molar-refractivity contribution in [2.75, 3.05) is 19.8 Å². The molecule has 1 atom stereocenters. The van der Waals surface area contributed by atoms with Crippen molar-refractivity contribution in [2.45, 2.75) is 46.1 Å². The van der Waals surface area contributed by atoms with E-state index in [0.29, 0.717) is 6.04 Å². The molecule has 0 spiro atoms. The summed E-state index contributed by atoms with van der Waals surface area (Å²) in [6, 6.07) is 4.61. The smallest absolute Gasteiger partial charge is 0.0480 e. The van der Waals surface area contributed by atoms with Gasteiger partial charge >= 0.3 is 0 Å². The van der Waals surface area contributed by atoms with Gasteiger partial charge in [0, 0.05) is 31.6 Å². The lowest BCUT2D eigenvalue weighted by Gasteiger charge is -2.18. The summed E-state index contributed by atoms with van der Waals surface area (Å²) in [5, 5.41) is 3.52. The second-order valence-corrected chi connectivity index (χ2v) is 5.40. The van der Waals surface area contributed by atoms with Gasteiger partial charge in [-0.15, -0.1) is 0 Å². The minimum atomic E-state index is 0.480. The first-order valence-corrected chi connectivity index (χ1v) is 7.42. The van der Waals surface area contributed by atoms with Crippen LogP contribution in [0.15, 0.2) is 24.5 Å². The van der Waals surface area contributed by atoms with Crippen LogP contribution in [0.3, 0.4) is 0 Å². The van der Waals surface area contributed by atoms with Crippen molar-refractivity contribution in [1.29, 1.82) is 0 Å². The molecule has 3 nitrogen and oxygen atoms in total. The summed E-state index contributed by atoms with van der Waals surface area (Å²) < 4.78 is 5.70. The molecule has 1 aromatic rings. The molecule has 1 aromatic heterocycles. The van der Waals surface area contributed by atoms with E-state index in [9.17, 15) is 0 Å². The molecule has 0 aliphatic heterocycles. The summed E-state index contributed by atoms with van der Waals surface area (Å²) >= 11 is 0. The average Bonchev–Trinajstić information content (AvgIpc) is 2.39. The van der Waals surface area contributed by atoms with E-state index in [1.165, 1.54) is 5.56 Å². The van der Waals surface area contributed by atoms with Crippen LogP contribution >= 0.6 is 0 Å². The number of pyridine rings is 1. The Kier molecular flexibility index (Phi) is 8.43. The van der Waals surface area contributed by atoms with Crippen molar-refractivity contribution in [3.63, 3.8) is 0 Å². The van der Waals surface area contributed by atoms with Gasteiger partial charge in [0.05, 0.1) is 0 Å². The van der Waals surface area contributed by atoms with Gasteiger partial charge in [0.15, 0.2) is 0 Å². The minimum Gasteiger partial charge on any atom is -0.381 e. The van der Waals surface area contributed by atoms with Crippen LogP contribution in [0.2, 0.25) is 0 Å². The molecule has 19 heavy (non-hydrogen) atoms. The molecule has 0 fully saturated rings. The number of hydrogen-bond acceptors (Lipinski definition) is 3. The monoisotopic (exact) mass is 264 g/mol. The van der Waals surface area contributed by atoms with Crippen LogP contribution in [-0.4, -0.2) is 30.8 Å². The summed E-state index contributed by atoms with van der Waals surface area (Å²) in [5.74, 6) is 0.722. The Balaban J connectivity index is 2.24. The summed E-state index contributed by atoms with van der Waals surface area (Å²) in [6.45, 7) is 9.32. The summed E-state index contributed by atoms with van der Waals surface area (Å²) in [6.07, 6.45) is 7.00. The lowest BCUT2D eigenvalue weighted by atomic mass is 10.1. The second-order valence-electron chi connectivity index (χ2n) is 5.40. The van der Waals surface area contributed by atoms with Gasteiger partial charge in [0.1, 0.15) is 0 Å². The molecule has 0 aliphatic rings. The van der Waals surface area contributed by atoms with E-state index >= 15 is 0 Å². The normalized spacial score (nSPS) is 12.8. The third kappa shape index (κ3) is 7.96. The Bertz CT molecular complexity index is 314. The molecule has 0 saturated heterocycles. The number of nitrogens with zero attached hydrogens (tertiary/aromatic N) is 1. The van der Waals surface area contributed by atoms with Gasteiger partial charge in [0.2, 0.25) is 0 Å². The molecule has 3 heteroatoms. The zero-order valence-corrected chi connectivity index (χ0v) is 12.6. The SMILES string of the molecule is CCNC(CCOCCC(C)C)Cc1cccnc1. The zero-order chi connectivity index (χ0) is 13.9. The molecule has 0 aliphatic carbocycles. The molecule has 0 bridgehead atoms. The van der Waals surface area contributed by atoms with Gasteiger partial charge in [-0.3, -0.25) is 4.98 Å². The first kappa shape index (κ1) is 16.1. The Hall–Kier alpha value is -0.930. The van der Waals surface area contributed by atoms with E-state index in [1.807, 2.05) is 18.5 Å². The highest BCUT2D eigenvalue weighted by Gasteiger charge is 2.08. The minimum absolute atomic E-state index is 0.480. The Morgan fingerprint density at radius 2 is 2.05 bits per heavy atom. The molecule has 1 unspecified atom stereocenters. The number of hydrogen-bond donors (Lipinski definition) is 1. The van der Waals surface area contributed by atoms with Crippen LogP contribution in [0.4, 0.5) is 0 Å². The van der Waals surface area contributed by atoms with Gasteiger partial charge in [-0.05, 0) is 43.4 Å². The van der Waals surface area contributed by atoms with Gasteiger partial charge in [0.25, 0.3) is 0 Å². The van der Waals surface area contributed by atoms with Crippen LogP contribution in [0, 0.1) is 5.92 Å². The molecule has 1 rings (SSSR count). The van der Waals surface area contributed by atoms with E-state index in [2.05, 4.69) is 37.1 Å².